The topological polar surface area (TPSA) is 47.6 Å². The number of amides is 1. The zero-order chi connectivity index (χ0) is 16.1. The monoisotopic (exact) mass is 349 g/mol. The summed E-state index contributed by atoms with van der Waals surface area (Å²) in [5, 5.41) is 3.57. The van der Waals surface area contributed by atoms with Gasteiger partial charge in [0.05, 0.1) is 5.75 Å². The summed E-state index contributed by atoms with van der Waals surface area (Å²) >= 11 is 7.48. The minimum atomic E-state index is 0.00992. The van der Waals surface area contributed by atoms with Gasteiger partial charge in [-0.2, -0.15) is 0 Å². The van der Waals surface area contributed by atoms with Gasteiger partial charge in [-0.15, -0.1) is 11.8 Å². The number of rotatable bonds is 6. The van der Waals surface area contributed by atoms with E-state index in [2.05, 4.69) is 5.32 Å². The van der Waals surface area contributed by atoms with Gasteiger partial charge in [-0.1, -0.05) is 29.8 Å². The van der Waals surface area contributed by atoms with E-state index in [4.69, 9.17) is 21.1 Å². The van der Waals surface area contributed by atoms with Crippen LogP contribution in [0.25, 0.3) is 0 Å². The number of fused-ring (bicyclic) bond motifs is 1. The highest BCUT2D eigenvalue weighted by Crippen LogP contribution is 2.33. The molecule has 6 heteroatoms. The van der Waals surface area contributed by atoms with Crippen LogP contribution in [-0.2, 0) is 17.1 Å². The van der Waals surface area contributed by atoms with Crippen molar-refractivity contribution >= 4 is 29.3 Å². The molecule has 0 fully saturated rings. The summed E-state index contributed by atoms with van der Waals surface area (Å²) in [7, 11) is 0. The van der Waals surface area contributed by atoms with Crippen LogP contribution >= 0.6 is 23.4 Å². The van der Waals surface area contributed by atoms with Crippen molar-refractivity contribution in [3.8, 4) is 11.5 Å². The minimum Gasteiger partial charge on any atom is -0.454 e. The van der Waals surface area contributed by atoms with E-state index in [9.17, 15) is 4.79 Å². The summed E-state index contributed by atoms with van der Waals surface area (Å²) in [6.45, 7) is 0.766. The average Bonchev–Trinajstić information content (AvgIpc) is 3.01. The fraction of sp³-hybridized carbons (Fsp3) is 0.235. The lowest BCUT2D eigenvalue weighted by Crippen LogP contribution is -2.24. The molecule has 0 saturated carbocycles. The third-order valence-electron chi connectivity index (χ3n) is 3.32. The Bertz CT molecular complexity index is 708. The first-order valence-corrected chi connectivity index (χ1v) is 8.71. The maximum absolute atomic E-state index is 11.9. The van der Waals surface area contributed by atoms with Gasteiger partial charge in [0.25, 0.3) is 0 Å². The smallest absolute Gasteiger partial charge is 0.231 e. The molecule has 23 heavy (non-hydrogen) atoms. The highest BCUT2D eigenvalue weighted by Gasteiger charge is 2.13. The third kappa shape index (κ3) is 4.56. The van der Waals surface area contributed by atoms with E-state index in [1.807, 2.05) is 42.5 Å². The van der Waals surface area contributed by atoms with Crippen LogP contribution in [0.2, 0.25) is 5.02 Å². The summed E-state index contributed by atoms with van der Waals surface area (Å²) in [6, 6.07) is 13.3. The van der Waals surface area contributed by atoms with Gasteiger partial charge in [0.1, 0.15) is 0 Å². The van der Waals surface area contributed by atoms with Crippen LogP contribution in [0, 0.1) is 0 Å². The van der Waals surface area contributed by atoms with E-state index in [1.165, 1.54) is 0 Å². The van der Waals surface area contributed by atoms with Crippen LogP contribution in [0.3, 0.4) is 0 Å². The van der Waals surface area contributed by atoms with Crippen molar-refractivity contribution in [1.82, 2.24) is 5.32 Å². The summed E-state index contributed by atoms with van der Waals surface area (Å²) in [5.41, 5.74) is 2.11. The lowest BCUT2D eigenvalue weighted by Gasteiger charge is -2.06. The molecular formula is C17H16ClNO3S. The van der Waals surface area contributed by atoms with E-state index in [1.54, 1.807) is 11.8 Å². The Hall–Kier alpha value is -1.85. The highest BCUT2D eigenvalue weighted by molar-refractivity contribution is 7.99. The molecule has 2 aromatic rings. The second-order valence-corrected chi connectivity index (χ2v) is 6.51. The van der Waals surface area contributed by atoms with Gasteiger partial charge in [-0.25, -0.2) is 0 Å². The van der Waals surface area contributed by atoms with Crippen LogP contribution in [0.5, 0.6) is 11.5 Å². The standard InChI is InChI=1S/C17H16ClNO3S/c18-14-3-1-2-12(6-14)8-19-17(20)10-23-9-13-4-5-15-16(7-13)22-11-21-15/h1-7H,8-11H2,(H,19,20). The first kappa shape index (κ1) is 16.0. The summed E-state index contributed by atoms with van der Waals surface area (Å²) in [4.78, 5) is 11.9. The number of hydrogen-bond acceptors (Lipinski definition) is 4. The molecule has 1 heterocycles. The molecule has 2 aromatic carbocycles. The number of thioether (sulfide) groups is 1. The number of hydrogen-bond donors (Lipinski definition) is 1. The molecule has 1 N–H and O–H groups in total. The number of nitrogens with one attached hydrogen (secondary N) is 1. The molecule has 1 amide bonds. The zero-order valence-electron chi connectivity index (χ0n) is 12.4. The van der Waals surface area contributed by atoms with Crippen molar-refractivity contribution < 1.29 is 14.3 Å². The lowest BCUT2D eigenvalue weighted by atomic mass is 10.2. The largest absolute Gasteiger partial charge is 0.454 e. The summed E-state index contributed by atoms with van der Waals surface area (Å²) in [6.07, 6.45) is 0. The quantitative estimate of drug-likeness (QED) is 0.865. The van der Waals surface area contributed by atoms with E-state index in [-0.39, 0.29) is 12.7 Å². The Morgan fingerprint density at radius 3 is 2.87 bits per heavy atom. The molecular weight excluding hydrogens is 334 g/mol. The maximum Gasteiger partial charge on any atom is 0.231 e. The van der Waals surface area contributed by atoms with Gasteiger partial charge >= 0.3 is 0 Å². The first-order chi connectivity index (χ1) is 11.2. The van der Waals surface area contributed by atoms with Crippen LogP contribution in [0.4, 0.5) is 0 Å². The predicted molar refractivity (Wildman–Crippen MR) is 92.0 cm³/mol. The average molecular weight is 350 g/mol. The molecule has 120 valence electrons. The van der Waals surface area contributed by atoms with Crippen LogP contribution in [0.15, 0.2) is 42.5 Å². The normalized spacial score (nSPS) is 12.2. The van der Waals surface area contributed by atoms with Crippen LogP contribution < -0.4 is 14.8 Å². The van der Waals surface area contributed by atoms with E-state index in [0.29, 0.717) is 17.3 Å². The van der Waals surface area contributed by atoms with E-state index >= 15 is 0 Å². The third-order valence-corrected chi connectivity index (χ3v) is 4.56. The van der Waals surface area contributed by atoms with Crippen molar-refractivity contribution in [3.05, 3.63) is 58.6 Å². The Kier molecular flexibility index (Phi) is 5.31. The van der Waals surface area contributed by atoms with Crippen molar-refractivity contribution in [3.63, 3.8) is 0 Å². The van der Waals surface area contributed by atoms with Gasteiger partial charge in [-0.05, 0) is 35.4 Å². The van der Waals surface area contributed by atoms with Gasteiger partial charge in [0, 0.05) is 17.3 Å². The second-order valence-electron chi connectivity index (χ2n) is 5.09. The molecule has 0 radical (unpaired) electrons. The van der Waals surface area contributed by atoms with Crippen LogP contribution in [0.1, 0.15) is 11.1 Å². The lowest BCUT2D eigenvalue weighted by molar-refractivity contribution is -0.118. The van der Waals surface area contributed by atoms with Crippen molar-refractivity contribution in [1.29, 1.82) is 0 Å². The number of ether oxygens (including phenoxy) is 2. The molecule has 0 unspecified atom stereocenters. The minimum absolute atomic E-state index is 0.00992. The maximum atomic E-state index is 11.9. The zero-order valence-corrected chi connectivity index (χ0v) is 14.0. The molecule has 0 atom stereocenters. The molecule has 1 aliphatic rings. The van der Waals surface area contributed by atoms with E-state index < -0.39 is 0 Å². The molecule has 0 aliphatic carbocycles. The fourth-order valence-electron chi connectivity index (χ4n) is 2.19. The van der Waals surface area contributed by atoms with Gasteiger partial charge in [0.15, 0.2) is 11.5 Å². The SMILES string of the molecule is O=C(CSCc1ccc2c(c1)OCO2)NCc1cccc(Cl)c1. The molecule has 0 bridgehead atoms. The Labute approximate surface area is 144 Å². The van der Waals surface area contributed by atoms with E-state index in [0.717, 1.165) is 28.4 Å². The molecule has 3 rings (SSSR count). The molecule has 0 saturated heterocycles. The Morgan fingerprint density at radius 2 is 2.00 bits per heavy atom. The number of carbonyl (C=O) groups is 1. The second kappa shape index (κ2) is 7.62. The molecule has 4 nitrogen and oxygen atoms in total. The van der Waals surface area contributed by atoms with Gasteiger partial charge < -0.3 is 14.8 Å². The molecule has 1 aliphatic heterocycles. The summed E-state index contributed by atoms with van der Waals surface area (Å²) < 4.78 is 10.6. The Balaban J connectivity index is 1.41. The number of benzene rings is 2. The highest BCUT2D eigenvalue weighted by atomic mass is 35.5. The summed E-state index contributed by atoms with van der Waals surface area (Å²) in [5.74, 6) is 2.72. The molecule has 0 spiro atoms. The van der Waals surface area contributed by atoms with Gasteiger partial charge in [0.2, 0.25) is 12.7 Å². The first-order valence-electron chi connectivity index (χ1n) is 7.18. The number of carbonyl (C=O) groups excluding carboxylic acids is 1. The molecule has 0 aromatic heterocycles. The van der Waals surface area contributed by atoms with Gasteiger partial charge in [-0.3, -0.25) is 4.79 Å². The Morgan fingerprint density at radius 1 is 1.13 bits per heavy atom. The predicted octanol–water partition coefficient (Wildman–Crippen LogP) is 3.62. The van der Waals surface area contributed by atoms with Crippen molar-refractivity contribution in [2.75, 3.05) is 12.5 Å². The van der Waals surface area contributed by atoms with Crippen molar-refractivity contribution in [2.45, 2.75) is 12.3 Å². The number of halogens is 1. The van der Waals surface area contributed by atoms with Crippen LogP contribution in [-0.4, -0.2) is 18.5 Å². The van der Waals surface area contributed by atoms with Crippen molar-refractivity contribution in [2.24, 2.45) is 0 Å². The fourth-order valence-corrected chi connectivity index (χ4v) is 3.21.